The number of carbonyl (C=O) groups excluding carboxylic acids is 1. The summed E-state index contributed by atoms with van der Waals surface area (Å²) < 4.78 is 7.46. The van der Waals surface area contributed by atoms with E-state index in [0.29, 0.717) is 34.7 Å². The number of hydrogen-bond donors (Lipinski definition) is 0. The zero-order valence-electron chi connectivity index (χ0n) is 17.5. The Bertz CT molecular complexity index is 951. The number of hydrogen-bond acceptors (Lipinski definition) is 5. The van der Waals surface area contributed by atoms with Crippen molar-refractivity contribution >= 4 is 17.0 Å². The molecule has 0 fully saturated rings. The van der Waals surface area contributed by atoms with Crippen molar-refractivity contribution in [2.24, 2.45) is 0 Å². The van der Waals surface area contributed by atoms with E-state index >= 15 is 0 Å². The van der Waals surface area contributed by atoms with Gasteiger partial charge < -0.3 is 4.74 Å². The zero-order valence-corrected chi connectivity index (χ0v) is 17.5. The Morgan fingerprint density at radius 2 is 1.89 bits per heavy atom. The molecule has 1 aromatic heterocycles. The first-order valence-electron chi connectivity index (χ1n) is 9.29. The van der Waals surface area contributed by atoms with E-state index in [-0.39, 0.29) is 17.6 Å². The summed E-state index contributed by atoms with van der Waals surface area (Å²) in [7, 11) is 0. The van der Waals surface area contributed by atoms with Gasteiger partial charge in [-0.15, -0.1) is 0 Å². The van der Waals surface area contributed by atoms with E-state index in [1.54, 1.807) is 11.6 Å². The summed E-state index contributed by atoms with van der Waals surface area (Å²) in [6.07, 6.45) is 1.38. The lowest BCUT2D eigenvalue weighted by molar-refractivity contribution is -0.385. The van der Waals surface area contributed by atoms with Crippen molar-refractivity contribution in [2.75, 3.05) is 0 Å². The zero-order chi connectivity index (χ0) is 21.2. The summed E-state index contributed by atoms with van der Waals surface area (Å²) in [5.41, 5.74) is 3.58. The van der Waals surface area contributed by atoms with Gasteiger partial charge in [0, 0.05) is 18.2 Å². The van der Waals surface area contributed by atoms with Gasteiger partial charge in [0.1, 0.15) is 5.56 Å². The Labute approximate surface area is 165 Å². The number of nitrogens with zero attached hydrogens (tertiary/aromatic N) is 3. The summed E-state index contributed by atoms with van der Waals surface area (Å²) in [5.74, 6) is 0.159. The predicted octanol–water partition coefficient (Wildman–Crippen LogP) is 4.95. The van der Waals surface area contributed by atoms with Crippen molar-refractivity contribution in [1.82, 2.24) is 9.78 Å². The van der Waals surface area contributed by atoms with Crippen LogP contribution in [0.2, 0.25) is 0 Å². The molecule has 28 heavy (non-hydrogen) atoms. The first-order chi connectivity index (χ1) is 13.1. The number of nitro benzene ring substituents is 1. The molecule has 2 rings (SSSR count). The van der Waals surface area contributed by atoms with Crippen molar-refractivity contribution in [3.8, 4) is 5.88 Å². The minimum atomic E-state index is -0.411. The fourth-order valence-electron chi connectivity index (χ4n) is 3.07. The van der Waals surface area contributed by atoms with Crippen molar-refractivity contribution in [3.63, 3.8) is 0 Å². The molecule has 1 aromatic carbocycles. The Morgan fingerprint density at radius 3 is 2.39 bits per heavy atom. The molecule has 0 aliphatic rings. The first-order valence-corrected chi connectivity index (χ1v) is 9.29. The maximum absolute atomic E-state index is 13.3. The van der Waals surface area contributed by atoms with E-state index in [1.165, 1.54) is 18.3 Å². The van der Waals surface area contributed by atoms with Crippen LogP contribution < -0.4 is 4.74 Å². The summed E-state index contributed by atoms with van der Waals surface area (Å²) >= 11 is 0. The Kier molecular flexibility index (Phi) is 6.38. The van der Waals surface area contributed by atoms with Crippen LogP contribution in [0.3, 0.4) is 0 Å². The Morgan fingerprint density at radius 1 is 1.25 bits per heavy atom. The molecule has 0 unspecified atom stereocenters. The van der Waals surface area contributed by atoms with E-state index < -0.39 is 4.92 Å². The predicted molar refractivity (Wildman–Crippen MR) is 109 cm³/mol. The third-order valence-corrected chi connectivity index (χ3v) is 4.69. The molecule has 2 aromatic rings. The molecule has 0 atom stereocenters. The smallest absolute Gasteiger partial charge is 0.277 e. The van der Waals surface area contributed by atoms with Crippen molar-refractivity contribution < 1.29 is 14.5 Å². The molecule has 1 heterocycles. The fourth-order valence-corrected chi connectivity index (χ4v) is 3.07. The lowest BCUT2D eigenvalue weighted by Crippen LogP contribution is -2.14. The van der Waals surface area contributed by atoms with Crippen LogP contribution >= 0.6 is 0 Å². The number of ketones is 1. The molecule has 7 heteroatoms. The standard InChI is InChI=1S/C21H27N3O4/c1-8-23-21(28-13(4)5)17(11-22-23)20(25)16-9-10-18(24(26)27)19(15(16)7)14(6)12(2)3/h9-11,13H,8H2,1-7H3. The lowest BCUT2D eigenvalue weighted by atomic mass is 9.90. The molecule has 0 bridgehead atoms. The highest BCUT2D eigenvalue weighted by molar-refractivity contribution is 6.12. The van der Waals surface area contributed by atoms with Crippen LogP contribution in [0.1, 0.15) is 68.6 Å². The SMILES string of the molecule is CCn1ncc(C(=O)c2ccc([N+](=O)[O-])c(C(C)=C(C)C)c2C)c1OC(C)C. The number of ether oxygens (including phenoxy) is 1. The molecule has 0 saturated heterocycles. The van der Waals surface area contributed by atoms with Crippen LogP contribution in [0.15, 0.2) is 23.9 Å². The second-order valence-corrected chi connectivity index (χ2v) is 7.19. The molecule has 0 saturated carbocycles. The van der Waals surface area contributed by atoms with Gasteiger partial charge in [-0.3, -0.25) is 14.9 Å². The molecule has 7 nitrogen and oxygen atoms in total. The summed E-state index contributed by atoms with van der Waals surface area (Å²) in [6.45, 7) is 13.6. The molecular weight excluding hydrogens is 358 g/mol. The van der Waals surface area contributed by atoms with E-state index in [4.69, 9.17) is 4.74 Å². The van der Waals surface area contributed by atoms with Gasteiger partial charge in [0.2, 0.25) is 5.88 Å². The van der Waals surface area contributed by atoms with Crippen molar-refractivity contribution in [1.29, 1.82) is 0 Å². The minimum absolute atomic E-state index is 0.00402. The molecule has 0 aliphatic heterocycles. The fraction of sp³-hybridized carbons (Fsp3) is 0.429. The number of nitro groups is 1. The third kappa shape index (κ3) is 3.98. The van der Waals surface area contributed by atoms with E-state index in [1.807, 2.05) is 41.5 Å². The number of allylic oxidation sites excluding steroid dienone is 2. The van der Waals surface area contributed by atoms with E-state index in [0.717, 1.165) is 11.1 Å². The second kappa shape index (κ2) is 8.37. The quantitative estimate of drug-likeness (QED) is 0.382. The second-order valence-electron chi connectivity index (χ2n) is 7.19. The van der Waals surface area contributed by atoms with Crippen LogP contribution in [0, 0.1) is 17.0 Å². The average Bonchev–Trinajstić information content (AvgIpc) is 3.01. The first kappa shape index (κ1) is 21.3. The highest BCUT2D eigenvalue weighted by atomic mass is 16.6. The lowest BCUT2D eigenvalue weighted by Gasteiger charge is -2.15. The number of carbonyl (C=O) groups is 1. The van der Waals surface area contributed by atoms with Crippen molar-refractivity contribution in [3.05, 3.63) is 56.3 Å². The molecule has 0 N–H and O–H groups in total. The van der Waals surface area contributed by atoms with Gasteiger partial charge in [-0.25, -0.2) is 4.68 Å². The van der Waals surface area contributed by atoms with Gasteiger partial charge in [-0.2, -0.15) is 5.10 Å². The summed E-state index contributed by atoms with van der Waals surface area (Å²) in [5, 5.41) is 15.8. The Balaban J connectivity index is 2.69. The monoisotopic (exact) mass is 385 g/mol. The Hall–Kier alpha value is -2.96. The number of aromatic nitrogens is 2. The average molecular weight is 385 g/mol. The van der Waals surface area contributed by atoms with Gasteiger partial charge in [0.15, 0.2) is 5.78 Å². The van der Waals surface area contributed by atoms with Crippen LogP contribution in [-0.4, -0.2) is 26.6 Å². The van der Waals surface area contributed by atoms with Crippen LogP contribution in [0.4, 0.5) is 5.69 Å². The summed E-state index contributed by atoms with van der Waals surface area (Å²) in [6, 6.07) is 2.91. The minimum Gasteiger partial charge on any atom is -0.475 e. The number of benzene rings is 1. The van der Waals surface area contributed by atoms with E-state index in [2.05, 4.69) is 5.10 Å². The van der Waals surface area contributed by atoms with Gasteiger partial charge >= 0.3 is 0 Å². The highest BCUT2D eigenvalue weighted by Gasteiger charge is 2.27. The maximum Gasteiger partial charge on any atom is 0.277 e. The normalized spacial score (nSPS) is 10.9. The molecular formula is C21H27N3O4. The van der Waals surface area contributed by atoms with Gasteiger partial charge in [-0.1, -0.05) is 5.57 Å². The number of aryl methyl sites for hydroxylation is 1. The highest BCUT2D eigenvalue weighted by Crippen LogP contribution is 2.34. The topological polar surface area (TPSA) is 87.3 Å². The van der Waals surface area contributed by atoms with Crippen LogP contribution in [-0.2, 0) is 6.54 Å². The van der Waals surface area contributed by atoms with Crippen molar-refractivity contribution in [2.45, 2.75) is 61.1 Å². The largest absolute Gasteiger partial charge is 0.475 e. The van der Waals surface area contributed by atoms with E-state index in [9.17, 15) is 14.9 Å². The molecule has 0 aliphatic carbocycles. The van der Waals surface area contributed by atoms with Crippen LogP contribution in [0.25, 0.3) is 5.57 Å². The van der Waals surface area contributed by atoms with Gasteiger partial charge in [-0.05, 0) is 65.7 Å². The molecule has 0 amide bonds. The molecule has 0 radical (unpaired) electrons. The maximum atomic E-state index is 13.3. The van der Waals surface area contributed by atoms with Gasteiger partial charge in [0.25, 0.3) is 5.69 Å². The van der Waals surface area contributed by atoms with Gasteiger partial charge in [0.05, 0.1) is 22.8 Å². The summed E-state index contributed by atoms with van der Waals surface area (Å²) in [4.78, 5) is 24.4. The molecule has 150 valence electrons. The molecule has 0 spiro atoms. The van der Waals surface area contributed by atoms with Crippen LogP contribution in [0.5, 0.6) is 5.88 Å². The third-order valence-electron chi connectivity index (χ3n) is 4.69. The number of rotatable bonds is 7.